The average Bonchev–Trinajstić information content (AvgIpc) is 3.00. The van der Waals surface area contributed by atoms with Gasteiger partial charge in [0.1, 0.15) is 5.69 Å². The van der Waals surface area contributed by atoms with Gasteiger partial charge in [0.25, 0.3) is 0 Å². The van der Waals surface area contributed by atoms with Crippen molar-refractivity contribution in [3.05, 3.63) is 36.2 Å². The molecule has 3 rings (SSSR count). The summed E-state index contributed by atoms with van der Waals surface area (Å²) in [4.78, 5) is 4.51. The molecule has 0 amide bonds. The minimum atomic E-state index is -0.335. The molecule has 5 nitrogen and oxygen atoms in total. The lowest BCUT2D eigenvalue weighted by Crippen LogP contribution is -2.02. The minimum absolute atomic E-state index is 0.335. The highest BCUT2D eigenvalue weighted by Gasteiger charge is 2.20. The zero-order chi connectivity index (χ0) is 11.7. The molecule has 0 saturated carbocycles. The second-order valence-electron chi connectivity index (χ2n) is 3.90. The number of hydrogen-bond acceptors (Lipinski definition) is 4. The molecule has 0 bridgehead atoms. The largest absolute Gasteiger partial charge is 0.345 e. The Morgan fingerprint density at radius 2 is 2.00 bits per heavy atom. The van der Waals surface area contributed by atoms with Gasteiger partial charge in [0, 0.05) is 13.2 Å². The Labute approximate surface area is 99.0 Å². The van der Waals surface area contributed by atoms with Gasteiger partial charge < -0.3 is 9.47 Å². The summed E-state index contributed by atoms with van der Waals surface area (Å²) in [5.41, 5.74) is 2.49. The summed E-state index contributed by atoms with van der Waals surface area (Å²) in [5.74, 6) is 0. The summed E-state index contributed by atoms with van der Waals surface area (Å²) < 4.78 is 12.6. The summed E-state index contributed by atoms with van der Waals surface area (Å²) in [7, 11) is 1.89. The lowest BCUT2D eigenvalue weighted by Gasteiger charge is -2.08. The van der Waals surface area contributed by atoms with Crippen LogP contribution in [0.2, 0.25) is 0 Å². The van der Waals surface area contributed by atoms with Crippen LogP contribution in [0.5, 0.6) is 0 Å². The van der Waals surface area contributed by atoms with Crippen LogP contribution in [0.1, 0.15) is 12.0 Å². The van der Waals surface area contributed by atoms with E-state index in [2.05, 4.69) is 10.1 Å². The molecule has 1 fully saturated rings. The fourth-order valence-corrected chi connectivity index (χ4v) is 1.81. The summed E-state index contributed by atoms with van der Waals surface area (Å²) in [6.07, 6.45) is 1.56. The molecule has 1 saturated heterocycles. The molecule has 0 atom stereocenters. The number of ether oxygens (including phenoxy) is 2. The van der Waals surface area contributed by atoms with E-state index in [1.165, 1.54) is 0 Å². The molecule has 0 unspecified atom stereocenters. The minimum Gasteiger partial charge on any atom is -0.345 e. The van der Waals surface area contributed by atoms with Crippen LogP contribution in [0.3, 0.4) is 0 Å². The van der Waals surface area contributed by atoms with Crippen LogP contribution in [-0.2, 0) is 16.5 Å². The Morgan fingerprint density at radius 3 is 2.71 bits per heavy atom. The van der Waals surface area contributed by atoms with Crippen LogP contribution in [-0.4, -0.2) is 28.0 Å². The Kier molecular flexibility index (Phi) is 2.62. The van der Waals surface area contributed by atoms with Crippen molar-refractivity contribution in [1.29, 1.82) is 0 Å². The van der Waals surface area contributed by atoms with Crippen molar-refractivity contribution >= 4 is 0 Å². The Bertz CT molecular complexity index is 518. The summed E-state index contributed by atoms with van der Waals surface area (Å²) >= 11 is 0. The number of pyridine rings is 1. The number of nitrogens with zero attached hydrogens (tertiary/aromatic N) is 3. The first-order valence-electron chi connectivity index (χ1n) is 5.53. The van der Waals surface area contributed by atoms with Crippen molar-refractivity contribution in [2.24, 2.45) is 7.05 Å². The van der Waals surface area contributed by atoms with Crippen LogP contribution < -0.4 is 0 Å². The number of hydrogen-bond donors (Lipinski definition) is 0. The number of aromatic nitrogens is 3. The van der Waals surface area contributed by atoms with E-state index in [0.717, 1.165) is 17.1 Å². The van der Waals surface area contributed by atoms with Crippen LogP contribution in [0, 0.1) is 0 Å². The molecular formula is C12H13N3O2. The smallest absolute Gasteiger partial charge is 0.201 e. The third-order valence-corrected chi connectivity index (χ3v) is 2.61. The van der Waals surface area contributed by atoms with E-state index in [-0.39, 0.29) is 6.29 Å². The molecule has 5 heteroatoms. The standard InChI is InChI=1S/C12H13N3O2/c1-15-6-5-10(14-15)9-3-2-4-11(13-9)12-16-7-8-17-12/h2-6,12H,7-8H2,1H3. The van der Waals surface area contributed by atoms with Gasteiger partial charge in [0.05, 0.1) is 24.6 Å². The van der Waals surface area contributed by atoms with Crippen molar-refractivity contribution in [2.45, 2.75) is 6.29 Å². The van der Waals surface area contributed by atoms with Crippen LogP contribution >= 0.6 is 0 Å². The first-order chi connectivity index (χ1) is 8.33. The molecule has 0 radical (unpaired) electrons. The van der Waals surface area contributed by atoms with Crippen LogP contribution in [0.15, 0.2) is 30.5 Å². The molecule has 2 aromatic rings. The van der Waals surface area contributed by atoms with Gasteiger partial charge in [0.2, 0.25) is 6.29 Å². The van der Waals surface area contributed by atoms with E-state index < -0.39 is 0 Å². The predicted octanol–water partition coefficient (Wildman–Crippen LogP) is 1.53. The zero-order valence-electron chi connectivity index (χ0n) is 9.54. The van der Waals surface area contributed by atoms with E-state index in [0.29, 0.717) is 13.2 Å². The Hall–Kier alpha value is -1.72. The third-order valence-electron chi connectivity index (χ3n) is 2.61. The van der Waals surface area contributed by atoms with Gasteiger partial charge in [-0.1, -0.05) is 6.07 Å². The van der Waals surface area contributed by atoms with Gasteiger partial charge in [0.15, 0.2) is 0 Å². The van der Waals surface area contributed by atoms with E-state index >= 15 is 0 Å². The lowest BCUT2D eigenvalue weighted by molar-refractivity contribution is -0.0472. The topological polar surface area (TPSA) is 49.2 Å². The Balaban J connectivity index is 1.93. The maximum Gasteiger partial charge on any atom is 0.201 e. The summed E-state index contributed by atoms with van der Waals surface area (Å²) in [6.45, 7) is 1.25. The first-order valence-corrected chi connectivity index (χ1v) is 5.53. The van der Waals surface area contributed by atoms with Crippen molar-refractivity contribution in [3.8, 4) is 11.4 Å². The van der Waals surface area contributed by atoms with Crippen molar-refractivity contribution in [3.63, 3.8) is 0 Å². The van der Waals surface area contributed by atoms with Crippen LogP contribution in [0.4, 0.5) is 0 Å². The fourth-order valence-electron chi connectivity index (χ4n) is 1.81. The summed E-state index contributed by atoms with van der Waals surface area (Å²) in [6, 6.07) is 7.71. The van der Waals surface area contributed by atoms with Crippen molar-refractivity contribution < 1.29 is 9.47 Å². The van der Waals surface area contributed by atoms with Gasteiger partial charge in [-0.05, 0) is 18.2 Å². The monoisotopic (exact) mass is 231 g/mol. The fraction of sp³-hybridized carbons (Fsp3) is 0.333. The van der Waals surface area contributed by atoms with Crippen LogP contribution in [0.25, 0.3) is 11.4 Å². The van der Waals surface area contributed by atoms with Gasteiger partial charge in [-0.15, -0.1) is 0 Å². The van der Waals surface area contributed by atoms with Gasteiger partial charge in [-0.2, -0.15) is 5.10 Å². The van der Waals surface area contributed by atoms with Crippen molar-refractivity contribution in [1.82, 2.24) is 14.8 Å². The van der Waals surface area contributed by atoms with Gasteiger partial charge in [-0.3, -0.25) is 4.68 Å². The molecule has 1 aliphatic rings. The highest BCUT2D eigenvalue weighted by atomic mass is 16.7. The zero-order valence-corrected chi connectivity index (χ0v) is 9.54. The van der Waals surface area contributed by atoms with Gasteiger partial charge >= 0.3 is 0 Å². The molecule has 88 valence electrons. The first kappa shape index (κ1) is 10.4. The number of aryl methyl sites for hydroxylation is 1. The maximum absolute atomic E-state index is 5.42. The molecule has 3 heterocycles. The molecule has 0 spiro atoms. The Morgan fingerprint density at radius 1 is 1.18 bits per heavy atom. The molecule has 17 heavy (non-hydrogen) atoms. The molecule has 0 aliphatic carbocycles. The molecule has 0 N–H and O–H groups in total. The van der Waals surface area contributed by atoms with E-state index in [1.807, 2.05) is 37.5 Å². The highest BCUT2D eigenvalue weighted by Crippen LogP contribution is 2.23. The second kappa shape index (κ2) is 4.27. The van der Waals surface area contributed by atoms with E-state index in [1.54, 1.807) is 4.68 Å². The highest BCUT2D eigenvalue weighted by molar-refractivity contribution is 5.53. The molecule has 2 aromatic heterocycles. The lowest BCUT2D eigenvalue weighted by atomic mass is 10.2. The second-order valence-corrected chi connectivity index (χ2v) is 3.90. The van der Waals surface area contributed by atoms with E-state index in [9.17, 15) is 0 Å². The predicted molar refractivity (Wildman–Crippen MR) is 61.1 cm³/mol. The molecule has 0 aromatic carbocycles. The number of rotatable bonds is 2. The third kappa shape index (κ3) is 2.07. The molecular weight excluding hydrogens is 218 g/mol. The quantitative estimate of drug-likeness (QED) is 0.786. The maximum atomic E-state index is 5.42. The summed E-state index contributed by atoms with van der Waals surface area (Å²) in [5, 5.41) is 4.32. The molecule has 1 aliphatic heterocycles. The average molecular weight is 231 g/mol. The van der Waals surface area contributed by atoms with Gasteiger partial charge in [-0.25, -0.2) is 4.98 Å². The van der Waals surface area contributed by atoms with E-state index in [4.69, 9.17) is 9.47 Å². The van der Waals surface area contributed by atoms with Crippen molar-refractivity contribution in [2.75, 3.05) is 13.2 Å². The normalized spacial score (nSPS) is 16.5. The SMILES string of the molecule is Cn1ccc(-c2cccc(C3OCCO3)n2)n1.